The molecule has 5 nitrogen and oxygen atoms in total. The molecule has 0 bridgehead atoms. The third-order valence-electron chi connectivity index (χ3n) is 4.53. The molecule has 8 heteroatoms. The third-order valence-corrected chi connectivity index (χ3v) is 6.07. The van der Waals surface area contributed by atoms with Crippen LogP contribution in [0.4, 0.5) is 0 Å². The quantitative estimate of drug-likeness (QED) is 0.418. The van der Waals surface area contributed by atoms with E-state index in [4.69, 9.17) is 0 Å². The first-order valence-electron chi connectivity index (χ1n) is 8.54. The fourth-order valence-electron chi connectivity index (χ4n) is 2.85. The molecule has 1 fully saturated rings. The Labute approximate surface area is 172 Å². The number of ketones is 1. The van der Waals surface area contributed by atoms with Crippen LogP contribution >= 0.6 is 0 Å². The molecule has 0 aromatic heterocycles. The molecule has 141 valence electrons. The number of hydrogen-bond donors (Lipinski definition) is 2. The molecule has 2 N–H and O–H groups in total. The summed E-state index contributed by atoms with van der Waals surface area (Å²) in [6.07, 6.45) is 4.33. The van der Waals surface area contributed by atoms with Crippen LogP contribution in [0.2, 0.25) is 0 Å². The minimum atomic E-state index is -0.346. The molecule has 1 unspecified atom stereocenters. The Kier molecular flexibility index (Phi) is 16.8. The first kappa shape index (κ1) is 27.0. The second kappa shape index (κ2) is 14.9. The van der Waals surface area contributed by atoms with Gasteiger partial charge in [0.15, 0.2) is 0 Å². The zero-order valence-electron chi connectivity index (χ0n) is 15.3. The summed E-state index contributed by atoms with van der Waals surface area (Å²) in [7, 11) is 4.28. The van der Waals surface area contributed by atoms with E-state index in [2.05, 4.69) is 55.0 Å². The largest absolute Gasteiger partial charge is 1.00 e. The molecule has 1 aliphatic heterocycles. The molecule has 1 rings (SSSR count). The van der Waals surface area contributed by atoms with Gasteiger partial charge in [-0.25, -0.2) is 0 Å². The molecule has 24 heavy (non-hydrogen) atoms. The molecule has 0 aromatic carbocycles. The molecule has 1 atom stereocenters. The standard InChI is InChI=1S/C16H33N4O.2ClH.Ti/c1-15(21)16-7-11-18-9-4-8-17-10-5-12-19(2)13-6-14-20(16)3;;;/h17-18H,4-14H2,1-3H3;2*1H;/q;;;+2/p-2. The SMILES string of the molecule is CC(=O)[C]1([Ti+2])CCNCCCNCCCN(C)CCCN1C.[Cl-].[Cl-]. The van der Waals surface area contributed by atoms with Crippen LogP contribution in [-0.2, 0) is 25.2 Å². The number of carbonyl (C=O) groups is 1. The van der Waals surface area contributed by atoms with E-state index in [1.165, 1.54) is 6.42 Å². The average Bonchev–Trinajstić information content (AvgIpc) is 2.47. The summed E-state index contributed by atoms with van der Waals surface area (Å²) in [4.78, 5) is 16.8. The van der Waals surface area contributed by atoms with Gasteiger partial charge in [-0.2, -0.15) is 0 Å². The Hall–Kier alpha value is 0.804. The number of nitrogens with zero attached hydrogens (tertiary/aromatic N) is 2. The van der Waals surface area contributed by atoms with Crippen molar-refractivity contribution in [2.75, 3.05) is 59.9 Å². The van der Waals surface area contributed by atoms with Crippen molar-refractivity contribution >= 4 is 5.78 Å². The van der Waals surface area contributed by atoms with Gasteiger partial charge in [0.25, 0.3) is 0 Å². The van der Waals surface area contributed by atoms with E-state index in [-0.39, 0.29) is 34.4 Å². The summed E-state index contributed by atoms with van der Waals surface area (Å²) < 4.78 is -0.346. The maximum atomic E-state index is 12.1. The van der Waals surface area contributed by atoms with Gasteiger partial charge in [0.1, 0.15) is 0 Å². The van der Waals surface area contributed by atoms with Crippen LogP contribution in [0.15, 0.2) is 0 Å². The van der Waals surface area contributed by atoms with E-state index in [1.54, 1.807) is 6.92 Å². The molecule has 0 aliphatic carbocycles. The van der Waals surface area contributed by atoms with E-state index in [0.29, 0.717) is 0 Å². The van der Waals surface area contributed by atoms with Crippen molar-refractivity contribution in [3.8, 4) is 0 Å². The minimum absolute atomic E-state index is 0. The zero-order valence-corrected chi connectivity index (χ0v) is 18.4. The number of hydrogen-bond acceptors (Lipinski definition) is 5. The summed E-state index contributed by atoms with van der Waals surface area (Å²) in [6.45, 7) is 9.03. The number of rotatable bonds is 1. The molecule has 0 aromatic rings. The molecule has 0 amide bonds. The summed E-state index contributed by atoms with van der Waals surface area (Å²) in [5.41, 5.74) is 0. The first-order chi connectivity index (χ1) is 10.5. The summed E-state index contributed by atoms with van der Waals surface area (Å²) in [6, 6.07) is 0. The Balaban J connectivity index is 0. The molecule has 1 aliphatic rings. The van der Waals surface area contributed by atoms with Gasteiger partial charge in [-0.3, -0.25) is 0 Å². The average molecular weight is 416 g/mol. The monoisotopic (exact) mass is 415 g/mol. The van der Waals surface area contributed by atoms with Crippen LogP contribution in [0, 0.1) is 0 Å². The predicted molar refractivity (Wildman–Crippen MR) is 87.7 cm³/mol. The Morgan fingerprint density at radius 1 is 0.917 bits per heavy atom. The minimum Gasteiger partial charge on any atom is -1.00 e. The molecule has 0 radical (unpaired) electrons. The predicted octanol–water partition coefficient (Wildman–Crippen LogP) is -5.56. The number of likely N-dealkylation sites (N-methyl/N-ethyl adjacent to an activating group) is 1. The Morgan fingerprint density at radius 2 is 1.46 bits per heavy atom. The fourth-order valence-corrected chi connectivity index (χ4v) is 3.22. The molecular weight excluding hydrogens is 383 g/mol. The van der Waals surface area contributed by atoms with Crippen LogP contribution in [-0.4, -0.2) is 79.3 Å². The van der Waals surface area contributed by atoms with Crippen LogP contribution in [0.1, 0.15) is 32.6 Å². The Bertz CT molecular complexity index is 339. The van der Waals surface area contributed by atoms with Crippen molar-refractivity contribution in [2.24, 2.45) is 0 Å². The van der Waals surface area contributed by atoms with Gasteiger partial charge >= 0.3 is 148 Å². The number of Topliss-reactive ketones (excluding diaryl/α,β-unsaturated/α-hetero) is 1. The van der Waals surface area contributed by atoms with E-state index < -0.39 is 0 Å². The topological polar surface area (TPSA) is 47.6 Å². The van der Waals surface area contributed by atoms with Crippen LogP contribution < -0.4 is 35.4 Å². The van der Waals surface area contributed by atoms with Gasteiger partial charge in [-0.15, -0.1) is 0 Å². The van der Waals surface area contributed by atoms with Crippen molar-refractivity contribution in [1.29, 1.82) is 0 Å². The molecule has 0 spiro atoms. The van der Waals surface area contributed by atoms with Gasteiger partial charge in [-0.05, 0) is 0 Å². The van der Waals surface area contributed by atoms with Crippen molar-refractivity contribution in [1.82, 2.24) is 20.4 Å². The van der Waals surface area contributed by atoms with Gasteiger partial charge in [0, 0.05) is 0 Å². The summed E-state index contributed by atoms with van der Waals surface area (Å²) in [5, 5.41) is 6.98. The third kappa shape index (κ3) is 10.1. The van der Waals surface area contributed by atoms with E-state index in [1.807, 2.05) is 0 Å². The first-order valence-corrected chi connectivity index (χ1v) is 9.32. The molecule has 1 saturated heterocycles. The van der Waals surface area contributed by atoms with E-state index >= 15 is 0 Å². The fraction of sp³-hybridized carbons (Fsp3) is 0.938. The van der Waals surface area contributed by atoms with Gasteiger partial charge in [0.05, 0.1) is 0 Å². The van der Waals surface area contributed by atoms with Crippen molar-refractivity contribution < 1.29 is 50.0 Å². The van der Waals surface area contributed by atoms with E-state index in [9.17, 15) is 4.79 Å². The van der Waals surface area contributed by atoms with Crippen molar-refractivity contribution in [3.05, 3.63) is 0 Å². The number of carbonyl (C=O) groups excluding carboxylic acids is 1. The number of halogens is 2. The molecule has 0 saturated carbocycles. The molecule has 1 heterocycles. The van der Waals surface area contributed by atoms with Crippen molar-refractivity contribution in [3.63, 3.8) is 0 Å². The Morgan fingerprint density at radius 3 is 2.08 bits per heavy atom. The van der Waals surface area contributed by atoms with Gasteiger partial charge in [-0.1, -0.05) is 0 Å². The smallest absolute Gasteiger partial charge is 1.00 e. The van der Waals surface area contributed by atoms with Crippen molar-refractivity contribution in [2.45, 2.75) is 36.5 Å². The number of nitrogens with one attached hydrogen (secondary N) is 2. The normalized spacial score (nSPS) is 26.9. The maximum absolute atomic E-state index is 12.1. The molecular formula is C16H33Cl2N4OTi. The van der Waals surface area contributed by atoms with Crippen LogP contribution in [0.5, 0.6) is 0 Å². The second-order valence-electron chi connectivity index (χ2n) is 6.45. The maximum Gasteiger partial charge on any atom is -1.00 e. The summed E-state index contributed by atoms with van der Waals surface area (Å²) in [5.74, 6) is 0.271. The van der Waals surface area contributed by atoms with Gasteiger partial charge < -0.3 is 24.8 Å². The second-order valence-corrected chi connectivity index (χ2v) is 7.74. The zero-order chi connectivity index (χ0) is 16.4. The van der Waals surface area contributed by atoms with Gasteiger partial charge in [0.2, 0.25) is 0 Å². The van der Waals surface area contributed by atoms with Crippen LogP contribution in [0.3, 0.4) is 0 Å². The summed E-state index contributed by atoms with van der Waals surface area (Å²) >= 11 is 2.09. The van der Waals surface area contributed by atoms with Crippen LogP contribution in [0.25, 0.3) is 0 Å². The van der Waals surface area contributed by atoms with E-state index in [0.717, 1.165) is 65.1 Å².